The lowest BCUT2D eigenvalue weighted by molar-refractivity contribution is 0.0934. The van der Waals surface area contributed by atoms with Gasteiger partial charge in [0.05, 0.1) is 11.6 Å². The first-order valence-corrected chi connectivity index (χ1v) is 9.78. The van der Waals surface area contributed by atoms with Crippen LogP contribution in [0.5, 0.6) is 0 Å². The maximum absolute atomic E-state index is 12.8. The molecule has 0 aliphatic carbocycles. The normalized spacial score (nSPS) is 11.6. The lowest BCUT2D eigenvalue weighted by atomic mass is 10.0. The fraction of sp³-hybridized carbons (Fsp3) is 0.227. The van der Waals surface area contributed by atoms with Crippen molar-refractivity contribution in [3.8, 4) is 0 Å². The summed E-state index contributed by atoms with van der Waals surface area (Å²) in [4.78, 5) is 36.3. The number of nitrogens with one attached hydrogen (secondary N) is 3. The fourth-order valence-electron chi connectivity index (χ4n) is 3.22. The van der Waals surface area contributed by atoms with Gasteiger partial charge in [-0.1, -0.05) is 37.3 Å². The van der Waals surface area contributed by atoms with E-state index in [1.54, 1.807) is 30.5 Å². The highest BCUT2D eigenvalue weighted by Gasteiger charge is 2.17. The van der Waals surface area contributed by atoms with Crippen molar-refractivity contribution in [2.45, 2.75) is 19.4 Å². The maximum Gasteiger partial charge on any atom is 0.267 e. The first kappa shape index (κ1) is 21.2. The first-order valence-electron chi connectivity index (χ1n) is 9.78. The van der Waals surface area contributed by atoms with Crippen LogP contribution < -0.4 is 21.5 Å². The van der Waals surface area contributed by atoms with Crippen molar-refractivity contribution in [2.24, 2.45) is 0 Å². The number of aromatic nitrogens is 1. The number of fused-ring (bicyclic) bond motifs is 1. The molecule has 0 fully saturated rings. The van der Waals surface area contributed by atoms with E-state index in [9.17, 15) is 14.4 Å². The SMILES string of the molecule is [B]C(=O)NCCNc1ccn2c(=O)c(C(=O)NC(CC)c3ccccc3)ccc2c1. The van der Waals surface area contributed by atoms with Crippen molar-refractivity contribution < 1.29 is 9.59 Å². The van der Waals surface area contributed by atoms with Crippen LogP contribution in [-0.2, 0) is 0 Å². The number of nitrogens with zero attached hydrogens (tertiary/aromatic N) is 1. The van der Waals surface area contributed by atoms with Crippen molar-refractivity contribution in [3.63, 3.8) is 0 Å². The van der Waals surface area contributed by atoms with Gasteiger partial charge < -0.3 is 16.0 Å². The summed E-state index contributed by atoms with van der Waals surface area (Å²) in [6, 6.07) is 16.3. The Kier molecular flexibility index (Phi) is 6.90. The van der Waals surface area contributed by atoms with E-state index in [1.165, 1.54) is 4.40 Å². The summed E-state index contributed by atoms with van der Waals surface area (Å²) in [5, 5.41) is 8.58. The van der Waals surface area contributed by atoms with Gasteiger partial charge in [-0.15, -0.1) is 0 Å². The van der Waals surface area contributed by atoms with Gasteiger partial charge >= 0.3 is 0 Å². The van der Waals surface area contributed by atoms with Crippen LogP contribution in [0.4, 0.5) is 10.5 Å². The summed E-state index contributed by atoms with van der Waals surface area (Å²) < 4.78 is 1.44. The van der Waals surface area contributed by atoms with Crippen LogP contribution in [0, 0.1) is 0 Å². The van der Waals surface area contributed by atoms with E-state index < -0.39 is 11.7 Å². The zero-order valence-corrected chi connectivity index (χ0v) is 16.7. The van der Waals surface area contributed by atoms with Crippen LogP contribution in [0.3, 0.4) is 0 Å². The zero-order valence-electron chi connectivity index (χ0n) is 16.7. The Morgan fingerprint density at radius 3 is 2.53 bits per heavy atom. The summed E-state index contributed by atoms with van der Waals surface area (Å²) in [6.45, 7) is 2.85. The number of hydrogen-bond acceptors (Lipinski definition) is 4. The van der Waals surface area contributed by atoms with Crippen molar-refractivity contribution >= 4 is 30.8 Å². The van der Waals surface area contributed by atoms with Gasteiger partial charge in [-0.3, -0.25) is 18.8 Å². The van der Waals surface area contributed by atoms with Crippen LogP contribution in [-0.4, -0.2) is 37.1 Å². The van der Waals surface area contributed by atoms with Gasteiger partial charge in [0, 0.05) is 25.0 Å². The molecule has 8 heteroatoms. The lowest BCUT2D eigenvalue weighted by Gasteiger charge is -2.17. The molecular weight excluding hydrogens is 379 g/mol. The molecule has 0 spiro atoms. The molecule has 152 valence electrons. The van der Waals surface area contributed by atoms with Crippen LogP contribution >= 0.6 is 0 Å². The molecule has 1 unspecified atom stereocenters. The molecule has 0 aliphatic rings. The number of amides is 2. The van der Waals surface area contributed by atoms with Crippen LogP contribution in [0.1, 0.15) is 35.3 Å². The van der Waals surface area contributed by atoms with E-state index >= 15 is 0 Å². The minimum atomic E-state index is -0.578. The molecule has 2 heterocycles. The van der Waals surface area contributed by atoms with Crippen molar-refractivity contribution in [1.29, 1.82) is 0 Å². The molecule has 2 radical (unpaired) electrons. The average Bonchev–Trinajstić information content (AvgIpc) is 2.75. The molecule has 1 aromatic carbocycles. The molecule has 0 bridgehead atoms. The molecule has 7 nitrogen and oxygen atoms in total. The van der Waals surface area contributed by atoms with E-state index in [4.69, 9.17) is 7.85 Å². The standard InChI is InChI=1S/C22H23BN4O3/c1-2-19(15-6-4-3-5-7-15)26-20(28)18-9-8-17-14-16(10-13-27(17)21(18)29)24-11-12-25-22(23)30/h3-10,13-14,19,24H,2,11-12H2,1H3,(H,25,30)(H,26,28). The highest BCUT2D eigenvalue weighted by molar-refractivity contribution is 6.57. The van der Waals surface area contributed by atoms with Gasteiger partial charge in [-0.25, -0.2) is 0 Å². The lowest BCUT2D eigenvalue weighted by Crippen LogP contribution is -2.33. The topological polar surface area (TPSA) is 91.7 Å². The third-order valence-corrected chi connectivity index (χ3v) is 4.77. The van der Waals surface area contributed by atoms with E-state index in [0.29, 0.717) is 25.0 Å². The number of carbonyl (C=O) groups excluding carboxylic acids is 2. The molecule has 2 amide bonds. The number of anilines is 1. The highest BCUT2D eigenvalue weighted by atomic mass is 16.2. The third-order valence-electron chi connectivity index (χ3n) is 4.77. The molecule has 3 aromatic rings. The molecule has 0 saturated heterocycles. The van der Waals surface area contributed by atoms with Gasteiger partial charge in [0.15, 0.2) is 13.7 Å². The van der Waals surface area contributed by atoms with Gasteiger partial charge in [-0.05, 0) is 36.2 Å². The van der Waals surface area contributed by atoms with E-state index in [0.717, 1.165) is 11.3 Å². The molecular formula is C22H23BN4O3. The predicted molar refractivity (Wildman–Crippen MR) is 118 cm³/mol. The number of hydrogen-bond donors (Lipinski definition) is 3. The van der Waals surface area contributed by atoms with Crippen molar-refractivity contribution in [2.75, 3.05) is 18.4 Å². The summed E-state index contributed by atoms with van der Waals surface area (Å²) in [5.41, 5.74) is 2.14. The van der Waals surface area contributed by atoms with E-state index in [-0.39, 0.29) is 17.2 Å². The van der Waals surface area contributed by atoms with Gasteiger partial charge in [0.2, 0.25) is 0 Å². The van der Waals surface area contributed by atoms with Crippen molar-refractivity contribution in [3.05, 3.63) is 82.3 Å². The van der Waals surface area contributed by atoms with Crippen LogP contribution in [0.25, 0.3) is 5.52 Å². The number of carbonyl (C=O) groups is 2. The van der Waals surface area contributed by atoms with Crippen LogP contribution in [0.15, 0.2) is 65.6 Å². The second-order valence-electron chi connectivity index (χ2n) is 6.83. The average molecular weight is 402 g/mol. The second kappa shape index (κ2) is 9.78. The molecule has 3 N–H and O–H groups in total. The Labute approximate surface area is 175 Å². The summed E-state index contributed by atoms with van der Waals surface area (Å²) in [5.74, 6) is -0.977. The minimum absolute atomic E-state index is 0.0910. The monoisotopic (exact) mass is 402 g/mol. The summed E-state index contributed by atoms with van der Waals surface area (Å²) >= 11 is 0. The first-order chi connectivity index (χ1) is 14.5. The van der Waals surface area contributed by atoms with E-state index in [2.05, 4.69) is 16.0 Å². The van der Waals surface area contributed by atoms with Gasteiger partial charge in [0.25, 0.3) is 11.5 Å². The molecule has 1 atom stereocenters. The zero-order chi connectivity index (χ0) is 21.5. The molecule has 3 rings (SSSR count). The van der Waals surface area contributed by atoms with Crippen molar-refractivity contribution in [1.82, 2.24) is 15.0 Å². The van der Waals surface area contributed by atoms with Gasteiger partial charge in [-0.2, -0.15) is 0 Å². The smallest absolute Gasteiger partial charge is 0.267 e. The molecule has 0 saturated carbocycles. The second-order valence-corrected chi connectivity index (χ2v) is 6.83. The molecule has 30 heavy (non-hydrogen) atoms. The van der Waals surface area contributed by atoms with Gasteiger partial charge in [0.1, 0.15) is 5.56 Å². The Hall–Kier alpha value is -3.55. The number of rotatable bonds is 8. The number of benzene rings is 1. The quantitative estimate of drug-likeness (QED) is 0.399. The van der Waals surface area contributed by atoms with Crippen LogP contribution in [0.2, 0.25) is 0 Å². The Morgan fingerprint density at radius 1 is 1.07 bits per heavy atom. The summed E-state index contributed by atoms with van der Waals surface area (Å²) in [7, 11) is 5.02. The Balaban J connectivity index is 1.76. The van der Waals surface area contributed by atoms with E-state index in [1.807, 2.05) is 37.3 Å². The third kappa shape index (κ3) is 5.08. The fourth-order valence-corrected chi connectivity index (χ4v) is 3.22. The molecule has 2 aromatic heterocycles. The largest absolute Gasteiger partial charge is 0.383 e. The molecule has 0 aliphatic heterocycles. The Morgan fingerprint density at radius 2 is 1.83 bits per heavy atom. The predicted octanol–water partition coefficient (Wildman–Crippen LogP) is 2.47. The minimum Gasteiger partial charge on any atom is -0.383 e. The summed E-state index contributed by atoms with van der Waals surface area (Å²) in [6.07, 6.45) is 2.33. The number of pyridine rings is 2. The maximum atomic E-state index is 12.8. The highest BCUT2D eigenvalue weighted by Crippen LogP contribution is 2.17. The Bertz CT molecular complexity index is 1100.